The van der Waals surface area contributed by atoms with Crippen LogP contribution >= 0.6 is 0 Å². The van der Waals surface area contributed by atoms with Crippen LogP contribution in [0, 0.1) is 29.9 Å². The zero-order valence-electron chi connectivity index (χ0n) is 21.6. The van der Waals surface area contributed by atoms with E-state index >= 15 is 0 Å². The summed E-state index contributed by atoms with van der Waals surface area (Å²) in [4.78, 5) is 33.8. The summed E-state index contributed by atoms with van der Waals surface area (Å²) in [7, 11) is 0. The number of likely N-dealkylation sites (tertiary alicyclic amines) is 1. The first-order valence-corrected chi connectivity index (χ1v) is 13.0. The van der Waals surface area contributed by atoms with Gasteiger partial charge in [-0.2, -0.15) is 10.4 Å². The van der Waals surface area contributed by atoms with Crippen molar-refractivity contribution in [3.05, 3.63) is 94.9 Å². The Morgan fingerprint density at radius 2 is 1.90 bits per heavy atom. The van der Waals surface area contributed by atoms with Crippen molar-refractivity contribution < 1.29 is 18.4 Å². The first-order chi connectivity index (χ1) is 19.4. The Labute approximate surface area is 229 Å². The van der Waals surface area contributed by atoms with Crippen molar-refractivity contribution in [3.63, 3.8) is 0 Å². The summed E-state index contributed by atoms with van der Waals surface area (Å²) in [5.74, 6) is -1.48. The molecule has 0 aliphatic carbocycles. The summed E-state index contributed by atoms with van der Waals surface area (Å²) in [5, 5.41) is 13.6. The van der Waals surface area contributed by atoms with Gasteiger partial charge in [-0.15, -0.1) is 0 Å². The van der Waals surface area contributed by atoms with Crippen molar-refractivity contribution in [2.45, 2.75) is 32.2 Å². The van der Waals surface area contributed by atoms with E-state index in [2.05, 4.69) is 10.1 Å². The molecule has 0 spiro atoms. The van der Waals surface area contributed by atoms with Gasteiger partial charge in [-0.25, -0.2) is 13.5 Å². The first kappa shape index (κ1) is 25.4. The molecule has 0 atom stereocenters. The maximum atomic E-state index is 15.0. The van der Waals surface area contributed by atoms with Gasteiger partial charge in [0, 0.05) is 43.2 Å². The number of nitriles is 1. The third kappa shape index (κ3) is 4.29. The Bertz CT molecular complexity index is 1690. The van der Waals surface area contributed by atoms with Crippen molar-refractivity contribution in [1.29, 1.82) is 5.26 Å². The number of carbonyl (C=O) groups excluding carboxylic acids is 2. The van der Waals surface area contributed by atoms with Gasteiger partial charge in [0.05, 0.1) is 29.1 Å². The first-order valence-electron chi connectivity index (χ1n) is 13.0. The van der Waals surface area contributed by atoms with Gasteiger partial charge in [0.25, 0.3) is 5.91 Å². The molecule has 1 saturated heterocycles. The highest BCUT2D eigenvalue weighted by molar-refractivity contribution is 6.02. The highest BCUT2D eigenvalue weighted by Crippen LogP contribution is 2.37. The van der Waals surface area contributed by atoms with Gasteiger partial charge in [-0.3, -0.25) is 14.6 Å². The molecule has 8 nitrogen and oxygen atoms in total. The molecule has 40 heavy (non-hydrogen) atoms. The van der Waals surface area contributed by atoms with Crippen LogP contribution in [0.15, 0.2) is 60.9 Å². The van der Waals surface area contributed by atoms with Gasteiger partial charge in [-0.05, 0) is 61.2 Å². The average Bonchev–Trinajstić information content (AvgIpc) is 3.57. The third-order valence-corrected chi connectivity index (χ3v) is 7.56. The summed E-state index contributed by atoms with van der Waals surface area (Å²) < 4.78 is 30.9. The fraction of sp³-hybridized carbons (Fsp3) is 0.233. The molecule has 2 amide bonds. The minimum atomic E-state index is -0.688. The van der Waals surface area contributed by atoms with Crippen molar-refractivity contribution in [1.82, 2.24) is 19.7 Å². The number of nitrogens with zero attached hydrogens (tertiary/aromatic N) is 6. The lowest BCUT2D eigenvalue weighted by molar-refractivity contribution is -0.118. The minimum Gasteiger partial charge on any atom is -0.337 e. The predicted molar refractivity (Wildman–Crippen MR) is 143 cm³/mol. The molecule has 1 fully saturated rings. The molecule has 0 bridgehead atoms. The predicted octanol–water partition coefficient (Wildman–Crippen LogP) is 4.59. The van der Waals surface area contributed by atoms with Crippen LogP contribution in [0.5, 0.6) is 0 Å². The van der Waals surface area contributed by atoms with Crippen LogP contribution in [0.1, 0.15) is 40.0 Å². The van der Waals surface area contributed by atoms with E-state index in [0.29, 0.717) is 59.7 Å². The Kier molecular flexibility index (Phi) is 6.34. The van der Waals surface area contributed by atoms with E-state index in [1.165, 1.54) is 16.8 Å². The van der Waals surface area contributed by atoms with E-state index in [-0.39, 0.29) is 41.4 Å². The summed E-state index contributed by atoms with van der Waals surface area (Å²) in [6.45, 7) is 2.43. The average molecular weight is 539 g/mol. The fourth-order valence-corrected chi connectivity index (χ4v) is 5.49. The fourth-order valence-electron chi connectivity index (χ4n) is 5.49. The van der Waals surface area contributed by atoms with E-state index in [9.17, 15) is 18.4 Å². The summed E-state index contributed by atoms with van der Waals surface area (Å²) in [5.41, 5.74) is 3.22. The SMILES string of the molecule is Cc1ccc2c(c1F)N(C1CCN(C(=O)c3cc(-c4cccnc4)n(-c4ccc(C#N)c(F)c4)n3)CC1)C(=O)C2. The molecule has 6 rings (SSSR count). The quantitative estimate of drug-likeness (QED) is 0.379. The van der Waals surface area contributed by atoms with E-state index in [4.69, 9.17) is 5.26 Å². The highest BCUT2D eigenvalue weighted by Gasteiger charge is 2.38. The zero-order valence-corrected chi connectivity index (χ0v) is 21.6. The number of carbonyl (C=O) groups is 2. The van der Waals surface area contributed by atoms with Crippen molar-refractivity contribution in [2.75, 3.05) is 18.0 Å². The molecular weight excluding hydrogens is 514 g/mol. The molecule has 200 valence electrons. The number of piperidine rings is 1. The Hall–Kier alpha value is -4.91. The van der Waals surface area contributed by atoms with Crippen molar-refractivity contribution in [3.8, 4) is 23.0 Å². The number of rotatable bonds is 4. The van der Waals surface area contributed by atoms with Crippen LogP contribution < -0.4 is 4.90 Å². The molecule has 0 radical (unpaired) electrons. The van der Waals surface area contributed by atoms with E-state index in [0.717, 1.165) is 0 Å². The van der Waals surface area contributed by atoms with Gasteiger partial charge in [-0.1, -0.05) is 12.1 Å². The van der Waals surface area contributed by atoms with E-state index in [1.807, 2.05) is 6.07 Å². The maximum Gasteiger partial charge on any atom is 0.274 e. The van der Waals surface area contributed by atoms with Crippen molar-refractivity contribution in [2.24, 2.45) is 0 Å². The molecule has 2 aliphatic heterocycles. The number of anilines is 1. The topological polar surface area (TPSA) is 95.1 Å². The van der Waals surface area contributed by atoms with Gasteiger partial charge >= 0.3 is 0 Å². The van der Waals surface area contributed by atoms with Crippen LogP contribution in [0.4, 0.5) is 14.5 Å². The molecule has 2 aromatic carbocycles. The number of hydrogen-bond donors (Lipinski definition) is 0. The maximum absolute atomic E-state index is 15.0. The normalized spacial score (nSPS) is 15.3. The lowest BCUT2D eigenvalue weighted by Crippen LogP contribution is -2.48. The standard InChI is InChI=1S/C30H24F2N6O2/c1-18-4-5-19-13-27(39)37(29(19)28(18)32)22-8-11-36(12-9-22)30(40)25-15-26(21-3-2-10-34-17-21)38(35-25)23-7-6-20(16-33)24(31)14-23/h2-7,10,14-15,17,22H,8-9,11-13H2,1H3. The van der Waals surface area contributed by atoms with E-state index in [1.54, 1.807) is 65.5 Å². The number of pyridine rings is 1. The highest BCUT2D eigenvalue weighted by atomic mass is 19.1. The number of benzene rings is 2. The van der Waals surface area contributed by atoms with Crippen LogP contribution in [0.2, 0.25) is 0 Å². The van der Waals surface area contributed by atoms with E-state index < -0.39 is 5.82 Å². The number of aryl methyl sites for hydroxylation is 1. The number of halogens is 2. The Balaban J connectivity index is 1.26. The molecular formula is C30H24F2N6O2. The van der Waals surface area contributed by atoms with Crippen LogP contribution in [-0.4, -0.2) is 50.6 Å². The molecule has 4 aromatic rings. The van der Waals surface area contributed by atoms with Crippen molar-refractivity contribution >= 4 is 17.5 Å². The van der Waals surface area contributed by atoms with Gasteiger partial charge < -0.3 is 9.80 Å². The molecule has 2 aromatic heterocycles. The largest absolute Gasteiger partial charge is 0.337 e. The Morgan fingerprint density at radius 1 is 1.10 bits per heavy atom. The van der Waals surface area contributed by atoms with Crippen LogP contribution in [0.3, 0.4) is 0 Å². The Morgan fingerprint density at radius 3 is 2.60 bits per heavy atom. The number of amides is 2. The second-order valence-corrected chi connectivity index (χ2v) is 10.0. The van der Waals surface area contributed by atoms with Crippen LogP contribution in [0.25, 0.3) is 16.9 Å². The molecule has 0 saturated carbocycles. The molecule has 0 N–H and O–H groups in total. The lowest BCUT2D eigenvalue weighted by atomic mass is 10.0. The van der Waals surface area contributed by atoms with Gasteiger partial charge in [0.1, 0.15) is 17.7 Å². The molecule has 2 aliphatic rings. The molecule has 0 unspecified atom stereocenters. The summed E-state index contributed by atoms with van der Waals surface area (Å²) in [6, 6.07) is 14.4. The van der Waals surface area contributed by atoms with Gasteiger partial charge in [0.2, 0.25) is 5.91 Å². The minimum absolute atomic E-state index is 0.0906. The number of aromatic nitrogens is 3. The van der Waals surface area contributed by atoms with Crippen LogP contribution in [-0.2, 0) is 11.2 Å². The summed E-state index contributed by atoms with van der Waals surface area (Å²) in [6.07, 6.45) is 4.43. The monoisotopic (exact) mass is 538 g/mol. The third-order valence-electron chi connectivity index (χ3n) is 7.56. The second-order valence-electron chi connectivity index (χ2n) is 10.0. The number of hydrogen-bond acceptors (Lipinski definition) is 5. The lowest BCUT2D eigenvalue weighted by Gasteiger charge is -2.37. The molecule has 10 heteroatoms. The smallest absolute Gasteiger partial charge is 0.274 e. The summed E-state index contributed by atoms with van der Waals surface area (Å²) >= 11 is 0. The second kappa shape index (κ2) is 10.0. The van der Waals surface area contributed by atoms with Gasteiger partial charge in [0.15, 0.2) is 5.69 Å². The number of fused-ring (bicyclic) bond motifs is 1. The zero-order chi connectivity index (χ0) is 28.0. The molecule has 4 heterocycles.